The zero-order valence-corrected chi connectivity index (χ0v) is 10.6. The van der Waals surface area contributed by atoms with Crippen LogP contribution in [0.3, 0.4) is 0 Å². The van der Waals surface area contributed by atoms with E-state index in [0.29, 0.717) is 0 Å². The van der Waals surface area contributed by atoms with E-state index in [1.54, 1.807) is 11.1 Å². The van der Waals surface area contributed by atoms with Crippen molar-refractivity contribution in [2.45, 2.75) is 44.1 Å². The Bertz CT molecular complexity index is 292. The maximum absolute atomic E-state index is 6.10. The van der Waals surface area contributed by atoms with Crippen LogP contribution in [0.5, 0.6) is 0 Å². The summed E-state index contributed by atoms with van der Waals surface area (Å²) < 4.78 is 11.6. The van der Waals surface area contributed by atoms with Crippen molar-refractivity contribution in [3.05, 3.63) is 11.1 Å². The van der Waals surface area contributed by atoms with Gasteiger partial charge >= 0.3 is 0 Å². The molecule has 0 aromatic carbocycles. The van der Waals surface area contributed by atoms with Crippen molar-refractivity contribution < 1.29 is 9.47 Å². The summed E-state index contributed by atoms with van der Waals surface area (Å²) in [6.07, 6.45) is 7.01. The molecule has 3 nitrogen and oxygen atoms in total. The van der Waals surface area contributed by atoms with Crippen LogP contribution in [0.4, 0.5) is 0 Å². The fraction of sp³-hybridized carbons (Fsp3) is 0.857. The number of hydrogen-bond acceptors (Lipinski definition) is 3. The molecule has 0 atom stereocenters. The third-order valence-electron chi connectivity index (χ3n) is 4.46. The quantitative estimate of drug-likeness (QED) is 0.654. The van der Waals surface area contributed by atoms with Gasteiger partial charge in [0.15, 0.2) is 0 Å². The van der Waals surface area contributed by atoms with Crippen molar-refractivity contribution in [1.29, 1.82) is 0 Å². The molecule has 0 aromatic heterocycles. The van der Waals surface area contributed by atoms with Gasteiger partial charge in [-0.05, 0) is 38.8 Å². The van der Waals surface area contributed by atoms with Gasteiger partial charge in [0.25, 0.3) is 0 Å². The highest BCUT2D eigenvalue weighted by molar-refractivity contribution is 5.20. The molecule has 0 amide bonds. The lowest BCUT2D eigenvalue weighted by atomic mass is 9.81. The van der Waals surface area contributed by atoms with E-state index in [2.05, 4.69) is 5.32 Å². The molecule has 0 bridgehead atoms. The Kier molecular flexibility index (Phi) is 3.50. The normalized spacial score (nSPS) is 29.6. The van der Waals surface area contributed by atoms with Gasteiger partial charge in [-0.1, -0.05) is 11.1 Å². The lowest BCUT2D eigenvalue weighted by molar-refractivity contribution is -0.121. The van der Waals surface area contributed by atoms with Crippen LogP contribution in [0.1, 0.15) is 38.5 Å². The number of piperidine rings is 1. The van der Waals surface area contributed by atoms with Crippen LogP contribution in [0.25, 0.3) is 0 Å². The Labute approximate surface area is 104 Å². The molecule has 3 fully saturated rings. The molecule has 0 unspecified atom stereocenters. The van der Waals surface area contributed by atoms with E-state index in [1.807, 2.05) is 0 Å². The molecular formula is C14H23NO2. The summed E-state index contributed by atoms with van der Waals surface area (Å²) in [5, 5.41) is 3.44. The van der Waals surface area contributed by atoms with Gasteiger partial charge in [0, 0.05) is 26.1 Å². The summed E-state index contributed by atoms with van der Waals surface area (Å²) in [5.41, 5.74) is 3.56. The van der Waals surface area contributed by atoms with Crippen LogP contribution in [-0.4, -0.2) is 38.5 Å². The maximum Gasteiger partial charge on any atom is 0.0763 e. The van der Waals surface area contributed by atoms with E-state index in [9.17, 15) is 0 Å². The molecule has 3 heterocycles. The van der Waals surface area contributed by atoms with Crippen molar-refractivity contribution >= 4 is 0 Å². The van der Waals surface area contributed by atoms with E-state index in [4.69, 9.17) is 9.47 Å². The average Bonchev–Trinajstić information content (AvgIpc) is 2.41. The summed E-state index contributed by atoms with van der Waals surface area (Å²) in [5.74, 6) is 0. The highest BCUT2D eigenvalue weighted by atomic mass is 16.5. The van der Waals surface area contributed by atoms with Crippen LogP contribution < -0.4 is 5.32 Å². The maximum atomic E-state index is 6.10. The minimum atomic E-state index is 0.129. The Balaban J connectivity index is 1.73. The molecule has 0 saturated carbocycles. The Morgan fingerprint density at radius 3 is 2.41 bits per heavy atom. The molecule has 17 heavy (non-hydrogen) atoms. The highest BCUT2D eigenvalue weighted by Crippen LogP contribution is 2.38. The lowest BCUT2D eigenvalue weighted by Gasteiger charge is -2.42. The van der Waals surface area contributed by atoms with Crippen molar-refractivity contribution in [3.8, 4) is 0 Å². The van der Waals surface area contributed by atoms with Gasteiger partial charge in [-0.25, -0.2) is 0 Å². The third-order valence-corrected chi connectivity index (χ3v) is 4.46. The summed E-state index contributed by atoms with van der Waals surface area (Å²) in [6.45, 7) is 5.01. The molecular weight excluding hydrogens is 214 g/mol. The topological polar surface area (TPSA) is 30.5 Å². The summed E-state index contributed by atoms with van der Waals surface area (Å²) in [7, 11) is 0. The first kappa shape index (κ1) is 11.7. The monoisotopic (exact) mass is 237 g/mol. The van der Waals surface area contributed by atoms with Crippen LogP contribution in [0.15, 0.2) is 11.1 Å². The van der Waals surface area contributed by atoms with Crippen molar-refractivity contribution in [2.75, 3.05) is 32.9 Å². The van der Waals surface area contributed by atoms with E-state index in [0.717, 1.165) is 52.2 Å². The predicted octanol–water partition coefficient (Wildman–Crippen LogP) is 2.03. The van der Waals surface area contributed by atoms with Gasteiger partial charge in [-0.3, -0.25) is 0 Å². The third kappa shape index (κ3) is 2.56. The van der Waals surface area contributed by atoms with Gasteiger partial charge in [-0.15, -0.1) is 0 Å². The molecule has 3 heteroatoms. The molecule has 0 radical (unpaired) electrons. The van der Waals surface area contributed by atoms with Gasteiger partial charge in [0.1, 0.15) is 0 Å². The predicted molar refractivity (Wildman–Crippen MR) is 67.1 cm³/mol. The van der Waals surface area contributed by atoms with Crippen LogP contribution in [0.2, 0.25) is 0 Å². The van der Waals surface area contributed by atoms with Gasteiger partial charge < -0.3 is 14.8 Å². The molecule has 96 valence electrons. The molecule has 3 aliphatic rings. The second-order valence-electron chi connectivity index (χ2n) is 5.53. The Morgan fingerprint density at radius 2 is 1.65 bits per heavy atom. The molecule has 3 rings (SSSR count). The molecule has 1 spiro atoms. The zero-order chi connectivity index (χ0) is 11.6. The highest BCUT2D eigenvalue weighted by Gasteiger charge is 2.37. The average molecular weight is 237 g/mol. The van der Waals surface area contributed by atoms with E-state index in [1.165, 1.54) is 19.3 Å². The summed E-state index contributed by atoms with van der Waals surface area (Å²) >= 11 is 0. The standard InChI is InChI=1S/C14H23NO2/c1-6-15-7-2-12(1)13-3-8-17-14(11-13)4-9-16-10-5-14/h15H,1-11H2. The second-order valence-corrected chi connectivity index (χ2v) is 5.53. The van der Waals surface area contributed by atoms with Crippen molar-refractivity contribution in [3.63, 3.8) is 0 Å². The molecule has 1 N–H and O–H groups in total. The van der Waals surface area contributed by atoms with Crippen molar-refractivity contribution in [1.82, 2.24) is 5.32 Å². The minimum Gasteiger partial charge on any atom is -0.381 e. The molecule has 3 aliphatic heterocycles. The number of rotatable bonds is 0. The fourth-order valence-electron chi connectivity index (χ4n) is 3.37. The van der Waals surface area contributed by atoms with Crippen LogP contribution in [-0.2, 0) is 9.47 Å². The van der Waals surface area contributed by atoms with Crippen molar-refractivity contribution in [2.24, 2.45) is 0 Å². The summed E-state index contributed by atoms with van der Waals surface area (Å²) in [6, 6.07) is 0. The SMILES string of the molecule is C1CC(=C2CCOC3(CCOCC3)C2)CCN1. The lowest BCUT2D eigenvalue weighted by Crippen LogP contribution is -2.42. The van der Waals surface area contributed by atoms with Crippen LogP contribution in [0, 0.1) is 0 Å². The number of hydrogen-bond donors (Lipinski definition) is 1. The first-order chi connectivity index (χ1) is 8.38. The minimum absolute atomic E-state index is 0.129. The first-order valence-electron chi connectivity index (χ1n) is 7.00. The van der Waals surface area contributed by atoms with Gasteiger partial charge in [0.05, 0.1) is 12.2 Å². The largest absolute Gasteiger partial charge is 0.381 e. The van der Waals surface area contributed by atoms with Gasteiger partial charge in [-0.2, -0.15) is 0 Å². The van der Waals surface area contributed by atoms with E-state index >= 15 is 0 Å². The second kappa shape index (κ2) is 5.09. The molecule has 0 aliphatic carbocycles. The van der Waals surface area contributed by atoms with E-state index < -0.39 is 0 Å². The van der Waals surface area contributed by atoms with Gasteiger partial charge in [0.2, 0.25) is 0 Å². The number of nitrogens with one attached hydrogen (secondary N) is 1. The molecule has 3 saturated heterocycles. The van der Waals surface area contributed by atoms with E-state index in [-0.39, 0.29) is 5.60 Å². The zero-order valence-electron chi connectivity index (χ0n) is 10.6. The number of ether oxygens (including phenoxy) is 2. The summed E-state index contributed by atoms with van der Waals surface area (Å²) in [4.78, 5) is 0. The Morgan fingerprint density at radius 1 is 0.882 bits per heavy atom. The first-order valence-corrected chi connectivity index (χ1v) is 7.00. The van der Waals surface area contributed by atoms with Crippen LogP contribution >= 0.6 is 0 Å². The molecule has 0 aromatic rings. The smallest absolute Gasteiger partial charge is 0.0763 e. The fourth-order valence-corrected chi connectivity index (χ4v) is 3.37. The Hall–Kier alpha value is -0.380.